The first-order valence-electron chi connectivity index (χ1n) is 11.2. The lowest BCUT2D eigenvalue weighted by atomic mass is 9.88. The van der Waals surface area contributed by atoms with Crippen molar-refractivity contribution in [1.82, 2.24) is 24.8 Å². The molecule has 0 saturated carbocycles. The Bertz CT molecular complexity index is 904. The lowest BCUT2D eigenvalue weighted by Crippen LogP contribution is -2.46. The molecule has 0 bridgehead atoms. The number of hydrogen-bond acceptors (Lipinski definition) is 8. The second-order valence-corrected chi connectivity index (χ2v) is 8.47. The summed E-state index contributed by atoms with van der Waals surface area (Å²) in [5, 5.41) is 4.25. The fourth-order valence-corrected chi connectivity index (χ4v) is 4.62. The second-order valence-electron chi connectivity index (χ2n) is 8.47. The Morgan fingerprint density at radius 2 is 1.75 bits per heavy atom. The number of hydrogen-bond donors (Lipinski definition) is 1. The van der Waals surface area contributed by atoms with Crippen LogP contribution in [0.2, 0.25) is 0 Å². The summed E-state index contributed by atoms with van der Waals surface area (Å²) in [5.74, 6) is 0.940. The lowest BCUT2D eigenvalue weighted by molar-refractivity contribution is -0.138. The molecule has 2 aromatic rings. The Morgan fingerprint density at radius 3 is 2.38 bits per heavy atom. The summed E-state index contributed by atoms with van der Waals surface area (Å²) >= 11 is 0. The van der Waals surface area contributed by atoms with E-state index in [1.165, 1.54) is 0 Å². The maximum atomic E-state index is 13.1. The Labute approximate surface area is 188 Å². The van der Waals surface area contributed by atoms with Crippen LogP contribution >= 0.6 is 0 Å². The summed E-state index contributed by atoms with van der Waals surface area (Å²) in [4.78, 5) is 35.2. The number of oxime groups is 1. The van der Waals surface area contributed by atoms with Gasteiger partial charge in [0.1, 0.15) is 12.8 Å². The third kappa shape index (κ3) is 5.40. The molecule has 32 heavy (non-hydrogen) atoms. The topological polar surface area (TPSA) is 110 Å². The highest BCUT2D eigenvalue weighted by molar-refractivity contribution is 6.00. The van der Waals surface area contributed by atoms with Crippen LogP contribution in [0.15, 0.2) is 41.9 Å². The SMILES string of the molecule is CO/N=C(\c1ccccn1)C1CCN(C(=O)C2CCN(Cc3cnc(N)nc3)CC2)CC1. The van der Waals surface area contributed by atoms with Crippen LogP contribution in [0, 0.1) is 11.8 Å². The van der Waals surface area contributed by atoms with Crippen molar-refractivity contribution in [1.29, 1.82) is 0 Å². The molecule has 170 valence electrons. The summed E-state index contributed by atoms with van der Waals surface area (Å²) in [5.41, 5.74) is 8.33. The largest absolute Gasteiger partial charge is 0.399 e. The van der Waals surface area contributed by atoms with Gasteiger partial charge in [-0.3, -0.25) is 14.7 Å². The third-order valence-corrected chi connectivity index (χ3v) is 6.38. The Balaban J connectivity index is 1.26. The molecule has 2 aliphatic rings. The summed E-state index contributed by atoms with van der Waals surface area (Å²) in [6, 6.07) is 5.81. The first-order valence-corrected chi connectivity index (χ1v) is 11.2. The highest BCUT2D eigenvalue weighted by Gasteiger charge is 2.32. The van der Waals surface area contributed by atoms with E-state index in [1.54, 1.807) is 25.7 Å². The van der Waals surface area contributed by atoms with Gasteiger partial charge in [-0.05, 0) is 50.9 Å². The molecule has 2 aliphatic heterocycles. The minimum atomic E-state index is 0.105. The number of nitrogen functional groups attached to an aromatic ring is 1. The summed E-state index contributed by atoms with van der Waals surface area (Å²) < 4.78 is 0. The van der Waals surface area contributed by atoms with E-state index >= 15 is 0 Å². The van der Waals surface area contributed by atoms with Gasteiger partial charge in [-0.2, -0.15) is 0 Å². The van der Waals surface area contributed by atoms with Gasteiger partial charge in [-0.15, -0.1) is 0 Å². The molecular weight excluding hydrogens is 406 g/mol. The number of amides is 1. The zero-order valence-corrected chi connectivity index (χ0v) is 18.6. The second kappa shape index (κ2) is 10.5. The van der Waals surface area contributed by atoms with Gasteiger partial charge in [0.25, 0.3) is 0 Å². The molecule has 2 fully saturated rings. The first kappa shape index (κ1) is 22.1. The van der Waals surface area contributed by atoms with E-state index in [0.29, 0.717) is 11.9 Å². The Hall–Kier alpha value is -3.07. The number of rotatable bonds is 6. The van der Waals surface area contributed by atoms with E-state index in [1.807, 2.05) is 23.1 Å². The summed E-state index contributed by atoms with van der Waals surface area (Å²) in [6.07, 6.45) is 8.84. The van der Waals surface area contributed by atoms with Crippen LogP contribution in [0.3, 0.4) is 0 Å². The molecular formula is C23H31N7O2. The van der Waals surface area contributed by atoms with Crippen molar-refractivity contribution in [2.45, 2.75) is 32.2 Å². The number of piperidine rings is 2. The fraction of sp³-hybridized carbons (Fsp3) is 0.522. The Morgan fingerprint density at radius 1 is 1.06 bits per heavy atom. The van der Waals surface area contributed by atoms with Crippen molar-refractivity contribution in [3.05, 3.63) is 48.0 Å². The van der Waals surface area contributed by atoms with Crippen molar-refractivity contribution >= 4 is 17.6 Å². The van der Waals surface area contributed by atoms with Crippen LogP contribution in [0.4, 0.5) is 5.95 Å². The molecule has 9 nitrogen and oxygen atoms in total. The summed E-state index contributed by atoms with van der Waals surface area (Å²) in [6.45, 7) is 4.11. The minimum absolute atomic E-state index is 0.105. The van der Waals surface area contributed by atoms with Crippen molar-refractivity contribution < 1.29 is 9.63 Å². The van der Waals surface area contributed by atoms with Gasteiger partial charge in [-0.1, -0.05) is 11.2 Å². The standard InChI is InChI=1S/C23H31N7O2/c1-32-28-21(20-4-2-3-9-25-20)18-7-12-30(13-8-18)22(31)19-5-10-29(11-6-19)16-17-14-26-23(24)27-15-17/h2-4,9,14-15,18-19H,5-8,10-13,16H2,1H3,(H2,24,26,27)/b28-21-. The van der Waals surface area contributed by atoms with Crippen molar-refractivity contribution in [2.75, 3.05) is 39.0 Å². The zero-order chi connectivity index (χ0) is 22.3. The third-order valence-electron chi connectivity index (χ3n) is 6.38. The quantitative estimate of drug-likeness (QED) is 0.543. The van der Waals surface area contributed by atoms with Crippen LogP contribution in [0.1, 0.15) is 36.9 Å². The van der Waals surface area contributed by atoms with E-state index in [4.69, 9.17) is 10.6 Å². The molecule has 0 aliphatic carbocycles. The molecule has 2 aromatic heterocycles. The molecule has 4 heterocycles. The van der Waals surface area contributed by atoms with Crippen LogP contribution in [0.25, 0.3) is 0 Å². The number of carbonyl (C=O) groups is 1. The predicted octanol–water partition coefficient (Wildman–Crippen LogP) is 1.96. The molecule has 0 aromatic carbocycles. The molecule has 0 spiro atoms. The number of anilines is 1. The fourth-order valence-electron chi connectivity index (χ4n) is 4.62. The van der Waals surface area contributed by atoms with Gasteiger partial charge in [0.05, 0.1) is 5.69 Å². The molecule has 0 atom stereocenters. The number of aromatic nitrogens is 3. The molecule has 9 heteroatoms. The van der Waals surface area contributed by atoms with Gasteiger partial charge in [0.15, 0.2) is 0 Å². The van der Waals surface area contributed by atoms with Crippen molar-refractivity contribution in [2.24, 2.45) is 17.0 Å². The smallest absolute Gasteiger partial charge is 0.225 e. The molecule has 0 unspecified atom stereocenters. The highest BCUT2D eigenvalue weighted by Crippen LogP contribution is 2.26. The lowest BCUT2D eigenvalue weighted by Gasteiger charge is -2.37. The van der Waals surface area contributed by atoms with E-state index in [0.717, 1.165) is 75.4 Å². The van der Waals surface area contributed by atoms with E-state index in [-0.39, 0.29) is 11.8 Å². The normalized spacial score (nSPS) is 19.2. The van der Waals surface area contributed by atoms with Gasteiger partial charge < -0.3 is 15.5 Å². The van der Waals surface area contributed by atoms with Crippen LogP contribution in [-0.4, -0.2) is 69.7 Å². The highest BCUT2D eigenvalue weighted by atomic mass is 16.6. The van der Waals surface area contributed by atoms with Crippen LogP contribution in [-0.2, 0) is 16.2 Å². The monoisotopic (exact) mass is 437 g/mol. The van der Waals surface area contributed by atoms with Gasteiger partial charge >= 0.3 is 0 Å². The minimum Gasteiger partial charge on any atom is -0.399 e. The van der Waals surface area contributed by atoms with Gasteiger partial charge in [0.2, 0.25) is 11.9 Å². The molecule has 2 N–H and O–H groups in total. The number of nitrogens with zero attached hydrogens (tertiary/aromatic N) is 6. The first-order chi connectivity index (χ1) is 15.6. The molecule has 2 saturated heterocycles. The zero-order valence-electron chi connectivity index (χ0n) is 18.6. The number of pyridine rings is 1. The van der Waals surface area contributed by atoms with Gasteiger partial charge in [0, 0.05) is 55.6 Å². The number of likely N-dealkylation sites (tertiary alicyclic amines) is 2. The number of nitrogens with two attached hydrogens (primary N) is 1. The van der Waals surface area contributed by atoms with E-state index in [9.17, 15) is 4.79 Å². The Kier molecular flexibility index (Phi) is 7.26. The maximum absolute atomic E-state index is 13.1. The van der Waals surface area contributed by atoms with Crippen LogP contribution in [0.5, 0.6) is 0 Å². The maximum Gasteiger partial charge on any atom is 0.225 e. The number of carbonyl (C=O) groups excluding carboxylic acids is 1. The van der Waals surface area contributed by atoms with E-state index < -0.39 is 0 Å². The molecule has 4 rings (SSSR count). The van der Waals surface area contributed by atoms with Crippen molar-refractivity contribution in [3.63, 3.8) is 0 Å². The van der Waals surface area contributed by atoms with Crippen molar-refractivity contribution in [3.8, 4) is 0 Å². The molecule has 1 amide bonds. The van der Waals surface area contributed by atoms with Gasteiger partial charge in [-0.25, -0.2) is 9.97 Å². The summed E-state index contributed by atoms with van der Waals surface area (Å²) in [7, 11) is 1.56. The van der Waals surface area contributed by atoms with Crippen LogP contribution < -0.4 is 5.73 Å². The average Bonchev–Trinajstić information content (AvgIpc) is 2.85. The average molecular weight is 438 g/mol. The molecule has 0 radical (unpaired) electrons. The predicted molar refractivity (Wildman–Crippen MR) is 122 cm³/mol. The van der Waals surface area contributed by atoms with E-state index in [2.05, 4.69) is 25.0 Å².